The Morgan fingerprint density at radius 2 is 1.82 bits per heavy atom. The largest absolute Gasteiger partial charge is 0.419 e. The normalized spacial score (nSPS) is 12.6. The number of halogens is 4. The molecule has 3 aromatic heterocycles. The molecule has 0 fully saturated rings. The van der Waals surface area contributed by atoms with Crippen LogP contribution in [-0.4, -0.2) is 19.6 Å². The van der Waals surface area contributed by atoms with Gasteiger partial charge in [0.1, 0.15) is 10.6 Å². The summed E-state index contributed by atoms with van der Waals surface area (Å²) in [6.45, 7) is 0. The minimum absolute atomic E-state index is 0.138. The quantitative estimate of drug-likeness (QED) is 0.396. The summed E-state index contributed by atoms with van der Waals surface area (Å²) in [6.07, 6.45) is -5.03. The maximum absolute atomic E-state index is 14.0. The fourth-order valence-corrected chi connectivity index (χ4v) is 5.31. The van der Waals surface area contributed by atoms with Crippen molar-refractivity contribution in [3.8, 4) is 11.3 Å². The molecule has 0 bridgehead atoms. The predicted octanol–water partition coefficient (Wildman–Crippen LogP) is 3.30. The van der Waals surface area contributed by atoms with Gasteiger partial charge in [0.25, 0.3) is 11.5 Å². The molecule has 4 rings (SSSR count). The standard InChI is InChI=1S/C21H15F4N4O3S2/c1-27-14(10-4-5-12(13(22)6-10)21(23,24)25)9-34-19(27)26-15(30)7-11-8-33-18-16(11)17(31)28(2)20(32)29(18)3/h4-6,8-9H,1,7H2,2-3H3. The Morgan fingerprint density at radius 1 is 1.12 bits per heavy atom. The molecule has 4 aromatic rings. The van der Waals surface area contributed by atoms with Gasteiger partial charge in [-0.05, 0) is 23.1 Å². The third-order valence-electron chi connectivity index (χ3n) is 5.17. The van der Waals surface area contributed by atoms with E-state index < -0.39 is 34.7 Å². The Hall–Kier alpha value is -3.32. The highest BCUT2D eigenvalue weighted by Crippen LogP contribution is 2.33. The van der Waals surface area contributed by atoms with E-state index in [0.29, 0.717) is 16.5 Å². The van der Waals surface area contributed by atoms with E-state index in [9.17, 15) is 31.9 Å². The minimum Gasteiger partial charge on any atom is -0.315 e. The minimum atomic E-state index is -4.82. The average molecular weight is 512 g/mol. The Labute approximate surface area is 196 Å². The first-order chi connectivity index (χ1) is 15.9. The highest BCUT2D eigenvalue weighted by Gasteiger charge is 2.34. The summed E-state index contributed by atoms with van der Waals surface area (Å²) >= 11 is 2.16. The lowest BCUT2D eigenvalue weighted by Gasteiger charge is -2.09. The van der Waals surface area contributed by atoms with Gasteiger partial charge in [-0.15, -0.1) is 22.7 Å². The second-order valence-corrected chi connectivity index (χ2v) is 9.05. The van der Waals surface area contributed by atoms with Crippen molar-refractivity contribution in [3.05, 3.63) is 78.6 Å². The van der Waals surface area contributed by atoms with Crippen LogP contribution >= 0.6 is 22.7 Å². The number of carbonyl (C=O) groups is 1. The van der Waals surface area contributed by atoms with Gasteiger partial charge in [-0.25, -0.2) is 9.18 Å². The van der Waals surface area contributed by atoms with Gasteiger partial charge in [-0.3, -0.25) is 18.7 Å². The molecule has 0 unspecified atom stereocenters. The lowest BCUT2D eigenvalue weighted by molar-refractivity contribution is -0.140. The molecule has 13 heteroatoms. The molecular weight excluding hydrogens is 496 g/mol. The van der Waals surface area contributed by atoms with Crippen molar-refractivity contribution < 1.29 is 22.4 Å². The van der Waals surface area contributed by atoms with E-state index in [1.54, 1.807) is 5.38 Å². The Bertz CT molecular complexity index is 1640. The number of thiophene rings is 1. The molecule has 3 heterocycles. The van der Waals surface area contributed by atoms with E-state index in [2.05, 4.69) is 12.0 Å². The molecule has 1 amide bonds. The number of alkyl halides is 3. The van der Waals surface area contributed by atoms with E-state index in [4.69, 9.17) is 0 Å². The molecule has 0 aliphatic heterocycles. The molecule has 0 atom stereocenters. The first-order valence-corrected chi connectivity index (χ1v) is 11.3. The van der Waals surface area contributed by atoms with Gasteiger partial charge < -0.3 is 4.57 Å². The van der Waals surface area contributed by atoms with Crippen LogP contribution in [0.25, 0.3) is 21.5 Å². The van der Waals surface area contributed by atoms with Crippen molar-refractivity contribution in [1.82, 2.24) is 13.7 Å². The summed E-state index contributed by atoms with van der Waals surface area (Å²) in [5.74, 6) is -2.02. The number of aromatic nitrogens is 3. The fraction of sp³-hybridized carbons (Fsp3) is 0.190. The van der Waals surface area contributed by atoms with Crippen molar-refractivity contribution in [2.24, 2.45) is 19.1 Å². The van der Waals surface area contributed by atoms with Crippen LogP contribution in [0.4, 0.5) is 17.6 Å². The molecular formula is C21H15F4N4O3S2. The Morgan fingerprint density at radius 3 is 2.47 bits per heavy atom. The van der Waals surface area contributed by atoms with Gasteiger partial charge in [0.05, 0.1) is 23.1 Å². The summed E-state index contributed by atoms with van der Waals surface area (Å²) in [5, 5.41) is 3.36. The van der Waals surface area contributed by atoms with E-state index >= 15 is 0 Å². The number of rotatable bonds is 3. The molecule has 0 aliphatic rings. The number of fused-ring (bicyclic) bond motifs is 1. The van der Waals surface area contributed by atoms with Crippen LogP contribution in [0.15, 0.2) is 43.5 Å². The lowest BCUT2D eigenvalue weighted by Crippen LogP contribution is -2.36. The highest BCUT2D eigenvalue weighted by molar-refractivity contribution is 7.17. The summed E-state index contributed by atoms with van der Waals surface area (Å²) in [5.41, 5.74) is -1.55. The number of hydrogen-bond acceptors (Lipinski definition) is 5. The Kier molecular flexibility index (Phi) is 5.94. The number of nitrogens with zero attached hydrogens (tertiary/aromatic N) is 4. The van der Waals surface area contributed by atoms with E-state index in [1.807, 2.05) is 0 Å². The molecule has 0 aliphatic carbocycles. The van der Waals surface area contributed by atoms with Crippen molar-refractivity contribution >= 4 is 38.8 Å². The van der Waals surface area contributed by atoms with Crippen molar-refractivity contribution in [2.45, 2.75) is 12.6 Å². The monoisotopic (exact) mass is 511 g/mol. The van der Waals surface area contributed by atoms with Crippen LogP contribution < -0.4 is 16.1 Å². The number of thiazole rings is 1. The summed E-state index contributed by atoms with van der Waals surface area (Å²) in [6, 6.07) is 2.49. The maximum atomic E-state index is 14.0. The number of benzene rings is 1. The Balaban J connectivity index is 1.67. The number of aryl methyl sites for hydroxylation is 1. The van der Waals surface area contributed by atoms with Crippen LogP contribution in [-0.2, 0) is 31.5 Å². The van der Waals surface area contributed by atoms with Gasteiger partial charge in [0.2, 0.25) is 0 Å². The second kappa shape index (κ2) is 8.47. The molecule has 0 spiro atoms. The average Bonchev–Trinajstić information content (AvgIpc) is 3.33. The fourth-order valence-electron chi connectivity index (χ4n) is 3.42. The van der Waals surface area contributed by atoms with Crippen LogP contribution in [0.3, 0.4) is 0 Å². The number of hydrogen-bond donors (Lipinski definition) is 0. The van der Waals surface area contributed by atoms with Gasteiger partial charge in [0, 0.05) is 32.1 Å². The lowest BCUT2D eigenvalue weighted by atomic mass is 10.1. The van der Waals surface area contributed by atoms with Crippen molar-refractivity contribution in [2.75, 3.05) is 0 Å². The maximum Gasteiger partial charge on any atom is 0.419 e. The SMILES string of the molecule is [CH2]n1c(-c2ccc(C(F)(F)F)c(F)c2)csc1=NC(=O)Cc1csc2c1c(=O)n(C)c(=O)n2C. The van der Waals surface area contributed by atoms with Gasteiger partial charge >= 0.3 is 11.9 Å². The summed E-state index contributed by atoms with van der Waals surface area (Å²) in [7, 11) is 6.63. The molecule has 0 N–H and O–H groups in total. The smallest absolute Gasteiger partial charge is 0.315 e. The molecule has 0 saturated heterocycles. The topological polar surface area (TPSA) is 78.4 Å². The zero-order valence-electron chi connectivity index (χ0n) is 17.6. The van der Waals surface area contributed by atoms with E-state index in [0.717, 1.165) is 39.4 Å². The first-order valence-electron chi connectivity index (χ1n) is 9.52. The third-order valence-corrected chi connectivity index (χ3v) is 7.14. The first kappa shape index (κ1) is 23.8. The third kappa shape index (κ3) is 4.05. The molecule has 1 radical (unpaired) electrons. The molecule has 0 saturated carbocycles. The predicted molar refractivity (Wildman–Crippen MR) is 120 cm³/mol. The molecule has 34 heavy (non-hydrogen) atoms. The van der Waals surface area contributed by atoms with Crippen LogP contribution in [0.1, 0.15) is 11.1 Å². The van der Waals surface area contributed by atoms with Gasteiger partial charge in [0.15, 0.2) is 4.80 Å². The van der Waals surface area contributed by atoms with Crippen LogP contribution in [0.2, 0.25) is 0 Å². The molecule has 1 aromatic carbocycles. The van der Waals surface area contributed by atoms with Gasteiger partial charge in [-0.1, -0.05) is 6.07 Å². The van der Waals surface area contributed by atoms with E-state index in [1.165, 1.54) is 28.6 Å². The summed E-state index contributed by atoms with van der Waals surface area (Å²) < 4.78 is 55.9. The zero-order chi connectivity index (χ0) is 24.9. The molecule has 177 valence electrons. The van der Waals surface area contributed by atoms with Crippen LogP contribution in [0, 0.1) is 12.9 Å². The number of carbonyl (C=O) groups excluding carboxylic acids is 1. The highest BCUT2D eigenvalue weighted by atomic mass is 32.1. The second-order valence-electron chi connectivity index (χ2n) is 7.35. The van der Waals surface area contributed by atoms with E-state index in [-0.39, 0.29) is 27.9 Å². The summed E-state index contributed by atoms with van der Waals surface area (Å²) in [4.78, 5) is 41.8. The van der Waals surface area contributed by atoms with Gasteiger partial charge in [-0.2, -0.15) is 18.2 Å². The van der Waals surface area contributed by atoms with Crippen molar-refractivity contribution in [1.29, 1.82) is 0 Å². The van der Waals surface area contributed by atoms with Crippen molar-refractivity contribution in [3.63, 3.8) is 0 Å². The zero-order valence-corrected chi connectivity index (χ0v) is 19.3. The number of amides is 1. The molecule has 7 nitrogen and oxygen atoms in total. The van der Waals surface area contributed by atoms with Crippen LogP contribution in [0.5, 0.6) is 0 Å².